The summed E-state index contributed by atoms with van der Waals surface area (Å²) in [6.45, 7) is 0. The van der Waals surface area contributed by atoms with E-state index in [1.807, 2.05) is 0 Å². The molecule has 0 bridgehead atoms. The van der Waals surface area contributed by atoms with Crippen molar-refractivity contribution in [1.82, 2.24) is 0 Å². The number of hydrogen-bond acceptors (Lipinski definition) is 5. The Morgan fingerprint density at radius 3 is 2.40 bits per heavy atom. The molecule has 3 N–H and O–H groups in total. The molecule has 0 aliphatic rings. The molecule has 0 heterocycles. The van der Waals surface area contributed by atoms with Crippen molar-refractivity contribution in [3.05, 3.63) is 48.0 Å². The van der Waals surface area contributed by atoms with E-state index in [9.17, 15) is 13.5 Å². The van der Waals surface area contributed by atoms with Crippen LogP contribution in [0.2, 0.25) is 0 Å². The van der Waals surface area contributed by atoms with Crippen LogP contribution in [0.4, 0.5) is 5.69 Å². The minimum atomic E-state index is -3.58. The maximum absolute atomic E-state index is 12.4. The highest BCUT2D eigenvalue weighted by molar-refractivity contribution is 7.90. The number of aromatic hydroxyl groups is 1. The van der Waals surface area contributed by atoms with Gasteiger partial charge in [0.05, 0.1) is 23.4 Å². The molecule has 0 saturated heterocycles. The number of sulfone groups is 1. The molecule has 0 unspecified atom stereocenters. The molecule has 0 atom stereocenters. The van der Waals surface area contributed by atoms with E-state index < -0.39 is 9.84 Å². The molecule has 0 aromatic heterocycles. The Kier molecular flexibility index (Phi) is 3.85. The normalized spacial score (nSPS) is 11.2. The summed E-state index contributed by atoms with van der Waals surface area (Å²) in [5.74, 6) is 0.334. The monoisotopic (exact) mass is 293 g/mol. The summed E-state index contributed by atoms with van der Waals surface area (Å²) in [4.78, 5) is 0.0462. The number of anilines is 1. The zero-order valence-electron chi connectivity index (χ0n) is 10.9. The standard InChI is InChI=1S/C14H15NO4S/c1-19-12-6-7-13(15)14(8-12)20(17,18)9-10-2-4-11(16)5-3-10/h2-8,16H,9,15H2,1H3. The minimum Gasteiger partial charge on any atom is -0.508 e. The molecule has 0 radical (unpaired) electrons. The highest BCUT2D eigenvalue weighted by Crippen LogP contribution is 2.27. The van der Waals surface area contributed by atoms with Crippen LogP contribution in [0.5, 0.6) is 11.5 Å². The van der Waals surface area contributed by atoms with Crippen LogP contribution in [0.15, 0.2) is 47.4 Å². The van der Waals surface area contributed by atoms with Crippen LogP contribution in [0.3, 0.4) is 0 Å². The van der Waals surface area contributed by atoms with Gasteiger partial charge in [-0.1, -0.05) is 12.1 Å². The average molecular weight is 293 g/mol. The number of phenolic OH excluding ortho intramolecular Hbond substituents is 1. The Morgan fingerprint density at radius 2 is 1.80 bits per heavy atom. The quantitative estimate of drug-likeness (QED) is 0.841. The third-order valence-corrected chi connectivity index (χ3v) is 4.59. The fourth-order valence-corrected chi connectivity index (χ4v) is 3.31. The molecule has 5 nitrogen and oxygen atoms in total. The van der Waals surface area contributed by atoms with Crippen molar-refractivity contribution < 1.29 is 18.3 Å². The molecule has 2 aromatic rings. The summed E-state index contributed by atoms with van der Waals surface area (Å²) < 4.78 is 29.8. The van der Waals surface area contributed by atoms with Gasteiger partial charge in [-0.15, -0.1) is 0 Å². The zero-order valence-corrected chi connectivity index (χ0v) is 11.7. The SMILES string of the molecule is COc1ccc(N)c(S(=O)(=O)Cc2ccc(O)cc2)c1. The van der Waals surface area contributed by atoms with Crippen molar-refractivity contribution in [2.75, 3.05) is 12.8 Å². The summed E-state index contributed by atoms with van der Waals surface area (Å²) >= 11 is 0. The number of ether oxygens (including phenoxy) is 1. The summed E-state index contributed by atoms with van der Waals surface area (Å²) in [5, 5.41) is 9.20. The molecule has 106 valence electrons. The average Bonchev–Trinajstić information content (AvgIpc) is 2.41. The zero-order chi connectivity index (χ0) is 14.8. The Hall–Kier alpha value is -2.21. The second-order valence-electron chi connectivity index (χ2n) is 4.33. The largest absolute Gasteiger partial charge is 0.508 e. The van der Waals surface area contributed by atoms with Crippen molar-refractivity contribution in [3.63, 3.8) is 0 Å². The second-order valence-corrected chi connectivity index (χ2v) is 6.29. The third kappa shape index (κ3) is 3.03. The summed E-state index contributed by atoms with van der Waals surface area (Å²) in [5.41, 5.74) is 6.49. The second kappa shape index (κ2) is 5.42. The smallest absolute Gasteiger partial charge is 0.184 e. The first-order valence-electron chi connectivity index (χ1n) is 5.86. The molecule has 20 heavy (non-hydrogen) atoms. The molecule has 2 aromatic carbocycles. The van der Waals surface area contributed by atoms with Gasteiger partial charge in [-0.05, 0) is 29.8 Å². The molecule has 6 heteroatoms. The highest BCUT2D eigenvalue weighted by atomic mass is 32.2. The van der Waals surface area contributed by atoms with Crippen LogP contribution >= 0.6 is 0 Å². The first-order valence-corrected chi connectivity index (χ1v) is 7.52. The molecule has 0 aliphatic heterocycles. The van der Waals surface area contributed by atoms with E-state index in [1.165, 1.54) is 31.4 Å². The Labute approximate surface area is 117 Å². The van der Waals surface area contributed by atoms with Crippen molar-refractivity contribution in [2.24, 2.45) is 0 Å². The molecular formula is C14H15NO4S. The molecule has 0 fully saturated rings. The van der Waals surface area contributed by atoms with Gasteiger partial charge in [0.25, 0.3) is 0 Å². The van der Waals surface area contributed by atoms with Crippen LogP contribution in [0.1, 0.15) is 5.56 Å². The van der Waals surface area contributed by atoms with Crippen LogP contribution in [-0.4, -0.2) is 20.6 Å². The Morgan fingerprint density at radius 1 is 1.15 bits per heavy atom. The maximum atomic E-state index is 12.4. The van der Waals surface area contributed by atoms with Crippen LogP contribution in [0.25, 0.3) is 0 Å². The fraction of sp³-hybridized carbons (Fsp3) is 0.143. The number of benzene rings is 2. The van der Waals surface area contributed by atoms with Gasteiger partial charge in [0, 0.05) is 6.07 Å². The molecule has 0 aliphatic carbocycles. The van der Waals surface area contributed by atoms with Gasteiger partial charge in [-0.3, -0.25) is 0 Å². The molecule has 0 saturated carbocycles. The van der Waals surface area contributed by atoms with E-state index in [4.69, 9.17) is 10.5 Å². The lowest BCUT2D eigenvalue weighted by Crippen LogP contribution is -2.08. The first-order chi connectivity index (χ1) is 9.42. The van der Waals surface area contributed by atoms with Gasteiger partial charge in [-0.2, -0.15) is 0 Å². The Bertz CT molecular complexity index is 708. The first kappa shape index (κ1) is 14.2. The summed E-state index contributed by atoms with van der Waals surface area (Å²) in [6.07, 6.45) is 0. The summed E-state index contributed by atoms with van der Waals surface area (Å²) in [7, 11) is -2.12. The molecule has 2 rings (SSSR count). The van der Waals surface area contributed by atoms with Gasteiger partial charge in [0.1, 0.15) is 11.5 Å². The molecule has 0 spiro atoms. The van der Waals surface area contributed by atoms with E-state index in [0.717, 1.165) is 0 Å². The van der Waals surface area contributed by atoms with Crippen LogP contribution in [-0.2, 0) is 15.6 Å². The number of nitrogens with two attached hydrogens (primary N) is 1. The van der Waals surface area contributed by atoms with E-state index in [2.05, 4.69) is 0 Å². The molecule has 0 amide bonds. The minimum absolute atomic E-state index is 0.0462. The van der Waals surface area contributed by atoms with Gasteiger partial charge in [-0.25, -0.2) is 8.42 Å². The van der Waals surface area contributed by atoms with E-state index in [1.54, 1.807) is 18.2 Å². The predicted octanol–water partition coefficient (Wildman–Crippen LogP) is 1.96. The van der Waals surface area contributed by atoms with E-state index in [0.29, 0.717) is 11.3 Å². The number of nitrogen functional groups attached to an aromatic ring is 1. The van der Waals surface area contributed by atoms with Crippen molar-refractivity contribution in [1.29, 1.82) is 0 Å². The van der Waals surface area contributed by atoms with Gasteiger partial charge in [0.15, 0.2) is 9.84 Å². The van der Waals surface area contributed by atoms with Crippen LogP contribution < -0.4 is 10.5 Å². The van der Waals surface area contributed by atoms with Crippen molar-refractivity contribution in [2.45, 2.75) is 10.6 Å². The topological polar surface area (TPSA) is 89.6 Å². The lowest BCUT2D eigenvalue weighted by atomic mass is 10.2. The number of rotatable bonds is 4. The number of hydrogen-bond donors (Lipinski definition) is 2. The van der Waals surface area contributed by atoms with Gasteiger partial charge in [0.2, 0.25) is 0 Å². The lowest BCUT2D eigenvalue weighted by Gasteiger charge is -2.09. The van der Waals surface area contributed by atoms with Crippen LogP contribution in [0, 0.1) is 0 Å². The van der Waals surface area contributed by atoms with Crippen molar-refractivity contribution >= 4 is 15.5 Å². The third-order valence-electron chi connectivity index (χ3n) is 2.85. The maximum Gasteiger partial charge on any atom is 0.184 e. The van der Waals surface area contributed by atoms with Gasteiger partial charge >= 0.3 is 0 Å². The van der Waals surface area contributed by atoms with E-state index in [-0.39, 0.29) is 22.1 Å². The number of methoxy groups -OCH3 is 1. The molecular weight excluding hydrogens is 278 g/mol. The van der Waals surface area contributed by atoms with E-state index >= 15 is 0 Å². The fourth-order valence-electron chi connectivity index (χ4n) is 1.80. The Balaban J connectivity index is 2.37. The lowest BCUT2D eigenvalue weighted by molar-refractivity contribution is 0.413. The highest BCUT2D eigenvalue weighted by Gasteiger charge is 2.19. The summed E-state index contributed by atoms with van der Waals surface area (Å²) in [6, 6.07) is 10.5. The number of phenols is 1. The predicted molar refractivity (Wildman–Crippen MR) is 76.4 cm³/mol. The van der Waals surface area contributed by atoms with Crippen molar-refractivity contribution in [3.8, 4) is 11.5 Å². The van der Waals surface area contributed by atoms with Gasteiger partial charge < -0.3 is 15.6 Å².